The van der Waals surface area contributed by atoms with Crippen molar-refractivity contribution in [2.45, 2.75) is 13.3 Å². The molecule has 0 fully saturated rings. The number of aliphatic hydroxyl groups is 1. The van der Waals surface area contributed by atoms with Gasteiger partial charge in [-0.15, -0.1) is 0 Å². The molecule has 60 valence electrons. The van der Waals surface area contributed by atoms with Gasteiger partial charge in [-0.05, 0) is 30.5 Å². The molecule has 11 heavy (non-hydrogen) atoms. The van der Waals surface area contributed by atoms with E-state index < -0.39 is 0 Å². The van der Waals surface area contributed by atoms with Crippen molar-refractivity contribution >= 4 is 15.9 Å². The van der Waals surface area contributed by atoms with Crippen molar-refractivity contribution in [2.75, 3.05) is 6.61 Å². The van der Waals surface area contributed by atoms with E-state index in [-0.39, 0.29) is 6.61 Å². The Kier molecular flexibility index (Phi) is 3.09. The molecular weight excluding hydrogens is 204 g/mol. The number of aryl methyl sites for hydroxylation is 1. The maximum Gasteiger partial charge on any atom is 0.0471 e. The Hall–Kier alpha value is -0.340. The largest absolute Gasteiger partial charge is 0.396 e. The van der Waals surface area contributed by atoms with Crippen LogP contribution in [0.15, 0.2) is 22.7 Å². The first-order chi connectivity index (χ1) is 5.24. The molecule has 0 heterocycles. The van der Waals surface area contributed by atoms with Gasteiger partial charge in [0, 0.05) is 11.1 Å². The number of hydrogen-bond acceptors (Lipinski definition) is 1. The smallest absolute Gasteiger partial charge is 0.0471 e. The molecule has 0 atom stereocenters. The lowest BCUT2D eigenvalue weighted by Crippen LogP contribution is -1.90. The predicted octanol–water partition coefficient (Wildman–Crippen LogP) is 2.29. The first kappa shape index (κ1) is 8.75. The van der Waals surface area contributed by atoms with Crippen LogP contribution in [0, 0.1) is 6.92 Å². The molecule has 0 unspecified atom stereocenters. The second-order valence-electron chi connectivity index (χ2n) is 2.56. The van der Waals surface area contributed by atoms with Gasteiger partial charge in [0.15, 0.2) is 0 Å². The fourth-order valence-corrected chi connectivity index (χ4v) is 1.24. The Labute approximate surface area is 75.2 Å². The van der Waals surface area contributed by atoms with E-state index in [1.807, 2.05) is 19.1 Å². The average Bonchev–Trinajstić information content (AvgIpc) is 1.98. The third-order valence-electron chi connectivity index (χ3n) is 1.62. The van der Waals surface area contributed by atoms with Crippen molar-refractivity contribution < 1.29 is 5.11 Å². The summed E-state index contributed by atoms with van der Waals surface area (Å²) in [5.74, 6) is 0. The Balaban J connectivity index is 2.86. The third-order valence-corrected chi connectivity index (χ3v) is 2.51. The summed E-state index contributed by atoms with van der Waals surface area (Å²) in [6, 6.07) is 6.12. The molecule has 1 aromatic rings. The topological polar surface area (TPSA) is 20.2 Å². The minimum atomic E-state index is 0.223. The average molecular weight is 215 g/mol. The number of benzene rings is 1. The van der Waals surface area contributed by atoms with Crippen LogP contribution in [0.2, 0.25) is 0 Å². The van der Waals surface area contributed by atoms with Crippen LogP contribution in [0.25, 0.3) is 0 Å². The summed E-state index contributed by atoms with van der Waals surface area (Å²) in [4.78, 5) is 0. The monoisotopic (exact) mass is 214 g/mol. The van der Waals surface area contributed by atoms with Gasteiger partial charge in [0.2, 0.25) is 0 Å². The lowest BCUT2D eigenvalue weighted by molar-refractivity contribution is 0.299. The van der Waals surface area contributed by atoms with Crippen molar-refractivity contribution in [1.29, 1.82) is 0 Å². The molecule has 0 radical (unpaired) electrons. The molecule has 0 saturated heterocycles. The van der Waals surface area contributed by atoms with Gasteiger partial charge in [-0.3, -0.25) is 0 Å². The van der Waals surface area contributed by atoms with E-state index in [0.717, 1.165) is 10.9 Å². The molecule has 1 aromatic carbocycles. The van der Waals surface area contributed by atoms with Crippen LogP contribution < -0.4 is 0 Å². The highest BCUT2D eigenvalue weighted by molar-refractivity contribution is 9.10. The summed E-state index contributed by atoms with van der Waals surface area (Å²) < 4.78 is 1.12. The summed E-state index contributed by atoms with van der Waals surface area (Å²) in [7, 11) is 0. The molecule has 2 heteroatoms. The first-order valence-electron chi connectivity index (χ1n) is 3.60. The van der Waals surface area contributed by atoms with Gasteiger partial charge in [0.25, 0.3) is 0 Å². The van der Waals surface area contributed by atoms with Crippen LogP contribution in [-0.4, -0.2) is 11.7 Å². The van der Waals surface area contributed by atoms with Crippen molar-refractivity contribution in [3.8, 4) is 0 Å². The van der Waals surface area contributed by atoms with E-state index in [0.29, 0.717) is 0 Å². The maximum atomic E-state index is 8.67. The van der Waals surface area contributed by atoms with Gasteiger partial charge in [-0.2, -0.15) is 0 Å². The van der Waals surface area contributed by atoms with Gasteiger partial charge in [0.05, 0.1) is 0 Å². The zero-order valence-corrected chi connectivity index (χ0v) is 8.06. The molecule has 0 bridgehead atoms. The molecule has 0 saturated carbocycles. The van der Waals surface area contributed by atoms with Crippen LogP contribution in [0.5, 0.6) is 0 Å². The minimum absolute atomic E-state index is 0.223. The Morgan fingerprint density at radius 2 is 2.18 bits per heavy atom. The second-order valence-corrected chi connectivity index (χ2v) is 3.41. The van der Waals surface area contributed by atoms with Gasteiger partial charge in [0.1, 0.15) is 0 Å². The number of halogens is 1. The van der Waals surface area contributed by atoms with Gasteiger partial charge in [-0.25, -0.2) is 0 Å². The van der Waals surface area contributed by atoms with E-state index in [2.05, 4.69) is 22.0 Å². The number of hydrogen-bond donors (Lipinski definition) is 1. The number of rotatable bonds is 2. The van der Waals surface area contributed by atoms with E-state index in [1.54, 1.807) is 0 Å². The van der Waals surface area contributed by atoms with Crippen molar-refractivity contribution in [3.05, 3.63) is 33.8 Å². The Morgan fingerprint density at radius 1 is 1.45 bits per heavy atom. The molecule has 0 aromatic heterocycles. The van der Waals surface area contributed by atoms with Crippen LogP contribution in [-0.2, 0) is 6.42 Å². The Bertz CT molecular complexity index is 245. The zero-order valence-electron chi connectivity index (χ0n) is 6.47. The molecule has 0 aliphatic carbocycles. The fraction of sp³-hybridized carbons (Fsp3) is 0.333. The van der Waals surface area contributed by atoms with E-state index >= 15 is 0 Å². The van der Waals surface area contributed by atoms with Crippen LogP contribution in [0.4, 0.5) is 0 Å². The second kappa shape index (κ2) is 3.88. The molecule has 1 rings (SSSR count). The standard InChI is InChI=1S/C9H11BrO/c1-7-6-8(4-5-11)2-3-9(7)10/h2-3,6,11H,4-5H2,1H3. The molecule has 1 N–H and O–H groups in total. The molecule has 0 aliphatic heterocycles. The summed E-state index contributed by atoms with van der Waals surface area (Å²) in [5, 5.41) is 8.67. The quantitative estimate of drug-likeness (QED) is 0.802. The highest BCUT2D eigenvalue weighted by Gasteiger charge is 1.95. The van der Waals surface area contributed by atoms with Gasteiger partial charge < -0.3 is 5.11 Å². The fourth-order valence-electron chi connectivity index (χ4n) is 0.991. The van der Waals surface area contributed by atoms with Crippen LogP contribution in [0.3, 0.4) is 0 Å². The van der Waals surface area contributed by atoms with Crippen molar-refractivity contribution in [1.82, 2.24) is 0 Å². The third kappa shape index (κ3) is 2.31. The maximum absolute atomic E-state index is 8.67. The summed E-state index contributed by atoms with van der Waals surface area (Å²) in [5.41, 5.74) is 2.41. The van der Waals surface area contributed by atoms with Crippen LogP contribution in [0.1, 0.15) is 11.1 Å². The van der Waals surface area contributed by atoms with Gasteiger partial charge >= 0.3 is 0 Å². The zero-order chi connectivity index (χ0) is 8.27. The van der Waals surface area contributed by atoms with E-state index in [9.17, 15) is 0 Å². The lowest BCUT2D eigenvalue weighted by Gasteiger charge is -2.01. The molecule has 0 amide bonds. The predicted molar refractivity (Wildman–Crippen MR) is 49.7 cm³/mol. The Morgan fingerprint density at radius 3 is 2.73 bits per heavy atom. The molecule has 0 spiro atoms. The van der Waals surface area contributed by atoms with Gasteiger partial charge in [-0.1, -0.05) is 28.1 Å². The van der Waals surface area contributed by atoms with E-state index in [4.69, 9.17) is 5.11 Å². The highest BCUT2D eigenvalue weighted by Crippen LogP contribution is 2.16. The van der Waals surface area contributed by atoms with E-state index in [1.165, 1.54) is 11.1 Å². The minimum Gasteiger partial charge on any atom is -0.396 e. The normalized spacial score (nSPS) is 10.1. The first-order valence-corrected chi connectivity index (χ1v) is 4.39. The highest BCUT2D eigenvalue weighted by atomic mass is 79.9. The summed E-state index contributed by atoms with van der Waals surface area (Å²) in [6.07, 6.45) is 0.744. The molecular formula is C9H11BrO. The van der Waals surface area contributed by atoms with Crippen molar-refractivity contribution in [3.63, 3.8) is 0 Å². The lowest BCUT2D eigenvalue weighted by atomic mass is 10.1. The molecule has 0 aliphatic rings. The summed E-state index contributed by atoms with van der Waals surface area (Å²) in [6.45, 7) is 2.27. The number of aliphatic hydroxyl groups excluding tert-OH is 1. The van der Waals surface area contributed by atoms with Crippen LogP contribution >= 0.6 is 15.9 Å². The SMILES string of the molecule is Cc1cc(CCO)ccc1Br. The van der Waals surface area contributed by atoms with Crippen molar-refractivity contribution in [2.24, 2.45) is 0 Å². The summed E-state index contributed by atoms with van der Waals surface area (Å²) >= 11 is 3.42. The molecule has 1 nitrogen and oxygen atoms in total.